The van der Waals surface area contributed by atoms with Crippen LogP contribution in [0.25, 0.3) is 0 Å². The molecule has 3 heteroatoms. The van der Waals surface area contributed by atoms with Crippen LogP contribution in [0.4, 0.5) is 0 Å². The van der Waals surface area contributed by atoms with Crippen LogP contribution in [-0.4, -0.2) is 37.1 Å². The van der Waals surface area contributed by atoms with Gasteiger partial charge in [0.05, 0.1) is 25.2 Å². The molecule has 0 unspecified atom stereocenters. The van der Waals surface area contributed by atoms with E-state index in [0.29, 0.717) is 6.61 Å². The van der Waals surface area contributed by atoms with Crippen LogP contribution < -0.4 is 0 Å². The second-order valence-corrected chi connectivity index (χ2v) is 3.90. The molecule has 0 aliphatic carbocycles. The first-order valence-corrected chi connectivity index (χ1v) is 4.96. The average molecular weight is 210 g/mol. The molecule has 1 rings (SSSR count). The highest BCUT2D eigenvalue weighted by atomic mass is 16.5. The summed E-state index contributed by atoms with van der Waals surface area (Å²) in [6, 6.07) is 7.76. The maximum Gasteiger partial charge on any atom is 0.0648 e. The lowest BCUT2D eigenvalue weighted by Crippen LogP contribution is -2.39. The molecule has 0 aliphatic heterocycles. The normalized spacial score (nSPS) is 11.7. The van der Waals surface area contributed by atoms with E-state index < -0.39 is 5.41 Å². The summed E-state index contributed by atoms with van der Waals surface area (Å²) in [6.07, 6.45) is 0. The molecule has 1 aromatic carbocycles. The molecular formula is C12H18O3. The molecule has 84 valence electrons. The number of aliphatic hydroxyl groups excluding tert-OH is 2. The van der Waals surface area contributed by atoms with Gasteiger partial charge in [-0.3, -0.25) is 0 Å². The minimum Gasteiger partial charge on any atom is -0.395 e. The van der Waals surface area contributed by atoms with Crippen molar-refractivity contribution in [3.05, 3.63) is 35.4 Å². The number of rotatable bonds is 5. The summed E-state index contributed by atoms with van der Waals surface area (Å²) < 4.78 is 5.06. The lowest BCUT2D eigenvalue weighted by molar-refractivity contribution is 0.0418. The van der Waals surface area contributed by atoms with Crippen molar-refractivity contribution in [3.8, 4) is 0 Å². The van der Waals surface area contributed by atoms with Gasteiger partial charge < -0.3 is 14.9 Å². The minimum absolute atomic E-state index is 0.124. The highest BCUT2D eigenvalue weighted by molar-refractivity contribution is 5.30. The van der Waals surface area contributed by atoms with E-state index in [1.807, 2.05) is 31.2 Å². The van der Waals surface area contributed by atoms with Crippen LogP contribution in [0.15, 0.2) is 24.3 Å². The summed E-state index contributed by atoms with van der Waals surface area (Å²) >= 11 is 0. The molecule has 0 saturated carbocycles. The van der Waals surface area contributed by atoms with Crippen molar-refractivity contribution in [1.82, 2.24) is 0 Å². The van der Waals surface area contributed by atoms with Gasteiger partial charge in [0.1, 0.15) is 0 Å². The average Bonchev–Trinajstić information content (AvgIpc) is 2.26. The molecule has 0 amide bonds. The van der Waals surface area contributed by atoms with E-state index in [4.69, 9.17) is 4.74 Å². The molecule has 0 heterocycles. The summed E-state index contributed by atoms with van der Waals surface area (Å²) in [6.45, 7) is 2.04. The molecule has 0 saturated heterocycles. The zero-order valence-corrected chi connectivity index (χ0v) is 9.23. The monoisotopic (exact) mass is 210 g/mol. The molecule has 0 fully saturated rings. The van der Waals surface area contributed by atoms with Crippen LogP contribution in [0.5, 0.6) is 0 Å². The van der Waals surface area contributed by atoms with E-state index in [1.165, 1.54) is 0 Å². The van der Waals surface area contributed by atoms with E-state index in [0.717, 1.165) is 11.1 Å². The van der Waals surface area contributed by atoms with Crippen molar-refractivity contribution >= 4 is 0 Å². The second kappa shape index (κ2) is 5.26. The Morgan fingerprint density at radius 3 is 2.40 bits per heavy atom. The van der Waals surface area contributed by atoms with Gasteiger partial charge >= 0.3 is 0 Å². The highest BCUT2D eigenvalue weighted by Gasteiger charge is 2.31. The lowest BCUT2D eigenvalue weighted by Gasteiger charge is -2.29. The Bertz CT molecular complexity index is 305. The Morgan fingerprint density at radius 1 is 1.27 bits per heavy atom. The van der Waals surface area contributed by atoms with E-state index in [9.17, 15) is 10.2 Å². The van der Waals surface area contributed by atoms with Gasteiger partial charge in [-0.25, -0.2) is 0 Å². The molecule has 0 aliphatic rings. The topological polar surface area (TPSA) is 49.7 Å². The van der Waals surface area contributed by atoms with Gasteiger partial charge in [0.25, 0.3) is 0 Å². The number of hydrogen-bond donors (Lipinski definition) is 2. The van der Waals surface area contributed by atoms with Crippen molar-refractivity contribution in [2.75, 3.05) is 26.9 Å². The molecule has 0 radical (unpaired) electrons. The molecule has 3 nitrogen and oxygen atoms in total. The van der Waals surface area contributed by atoms with Crippen LogP contribution in [0.1, 0.15) is 11.1 Å². The molecule has 0 atom stereocenters. The Labute approximate surface area is 90.3 Å². The van der Waals surface area contributed by atoms with Crippen LogP contribution in [0.3, 0.4) is 0 Å². The zero-order valence-electron chi connectivity index (χ0n) is 9.23. The van der Waals surface area contributed by atoms with Crippen LogP contribution >= 0.6 is 0 Å². The standard InChI is InChI=1S/C12H18O3/c1-10-4-3-5-11(6-10)12(7-13,8-14)9-15-2/h3-6,13-14H,7-9H2,1-2H3. The van der Waals surface area contributed by atoms with Gasteiger partial charge in [-0.2, -0.15) is 0 Å². The Balaban J connectivity index is 3.07. The summed E-state index contributed by atoms with van der Waals surface area (Å²) in [7, 11) is 1.57. The maximum absolute atomic E-state index is 9.41. The number of hydrogen-bond acceptors (Lipinski definition) is 3. The van der Waals surface area contributed by atoms with Crippen molar-refractivity contribution in [2.24, 2.45) is 0 Å². The van der Waals surface area contributed by atoms with Gasteiger partial charge in [0, 0.05) is 7.11 Å². The third-order valence-electron chi connectivity index (χ3n) is 2.66. The Hall–Kier alpha value is -0.900. The molecular weight excluding hydrogens is 192 g/mol. The summed E-state index contributed by atoms with van der Waals surface area (Å²) in [5.74, 6) is 0. The number of aliphatic hydroxyl groups is 2. The second-order valence-electron chi connectivity index (χ2n) is 3.90. The van der Waals surface area contributed by atoms with Crippen molar-refractivity contribution in [1.29, 1.82) is 0 Å². The van der Waals surface area contributed by atoms with E-state index in [-0.39, 0.29) is 13.2 Å². The zero-order chi connectivity index (χ0) is 11.3. The molecule has 15 heavy (non-hydrogen) atoms. The van der Waals surface area contributed by atoms with Gasteiger partial charge in [0.2, 0.25) is 0 Å². The van der Waals surface area contributed by atoms with Crippen molar-refractivity contribution in [3.63, 3.8) is 0 Å². The van der Waals surface area contributed by atoms with Gasteiger partial charge in [-0.05, 0) is 12.5 Å². The molecule has 0 spiro atoms. The first-order valence-electron chi connectivity index (χ1n) is 4.96. The fourth-order valence-corrected chi connectivity index (χ4v) is 1.66. The molecule has 2 N–H and O–H groups in total. The third kappa shape index (κ3) is 2.56. The van der Waals surface area contributed by atoms with Gasteiger partial charge in [-0.1, -0.05) is 29.8 Å². The summed E-state index contributed by atoms with van der Waals surface area (Å²) in [5.41, 5.74) is 1.32. The van der Waals surface area contributed by atoms with E-state index in [1.54, 1.807) is 7.11 Å². The fraction of sp³-hybridized carbons (Fsp3) is 0.500. The smallest absolute Gasteiger partial charge is 0.0648 e. The molecule has 0 bridgehead atoms. The molecule has 0 aromatic heterocycles. The van der Waals surface area contributed by atoms with E-state index >= 15 is 0 Å². The Kier molecular flexibility index (Phi) is 4.27. The minimum atomic E-state index is -0.694. The largest absolute Gasteiger partial charge is 0.395 e. The lowest BCUT2D eigenvalue weighted by atomic mass is 9.82. The molecule has 1 aromatic rings. The first-order chi connectivity index (χ1) is 7.18. The van der Waals surface area contributed by atoms with Crippen molar-refractivity contribution in [2.45, 2.75) is 12.3 Å². The Morgan fingerprint density at radius 2 is 1.93 bits per heavy atom. The quantitative estimate of drug-likeness (QED) is 0.758. The summed E-state index contributed by atoms with van der Waals surface area (Å²) in [4.78, 5) is 0. The van der Waals surface area contributed by atoms with Gasteiger partial charge in [0.15, 0.2) is 0 Å². The van der Waals surface area contributed by atoms with Gasteiger partial charge in [-0.15, -0.1) is 0 Å². The van der Waals surface area contributed by atoms with E-state index in [2.05, 4.69) is 0 Å². The third-order valence-corrected chi connectivity index (χ3v) is 2.66. The number of ether oxygens (including phenoxy) is 1. The maximum atomic E-state index is 9.41. The van der Waals surface area contributed by atoms with Crippen LogP contribution in [0, 0.1) is 6.92 Å². The van der Waals surface area contributed by atoms with Crippen LogP contribution in [0.2, 0.25) is 0 Å². The SMILES string of the molecule is COCC(CO)(CO)c1cccc(C)c1. The summed E-state index contributed by atoms with van der Waals surface area (Å²) in [5, 5.41) is 18.8. The van der Waals surface area contributed by atoms with Crippen LogP contribution in [-0.2, 0) is 10.2 Å². The first kappa shape index (κ1) is 12.2. The fourth-order valence-electron chi connectivity index (χ4n) is 1.66. The number of benzene rings is 1. The predicted octanol–water partition coefficient (Wildman–Crippen LogP) is 0.864. The highest BCUT2D eigenvalue weighted by Crippen LogP contribution is 2.24. The number of aryl methyl sites for hydroxylation is 1. The van der Waals surface area contributed by atoms with Crippen molar-refractivity contribution < 1.29 is 14.9 Å². The number of methoxy groups -OCH3 is 1. The predicted molar refractivity (Wildman–Crippen MR) is 58.9 cm³/mol.